The molecule has 3 heteroatoms. The fourth-order valence-electron chi connectivity index (χ4n) is 2.74. The van der Waals surface area contributed by atoms with Crippen molar-refractivity contribution in [1.29, 1.82) is 0 Å². The Kier molecular flexibility index (Phi) is 4.99. The molecule has 2 aromatic carbocycles. The summed E-state index contributed by atoms with van der Waals surface area (Å²) in [7, 11) is 0. The third-order valence-electron chi connectivity index (χ3n) is 3.93. The summed E-state index contributed by atoms with van der Waals surface area (Å²) in [6, 6.07) is 18.3. The fraction of sp³-hybridized carbons (Fsp3) is 0.200. The molecule has 3 nitrogen and oxygen atoms in total. The quantitative estimate of drug-likeness (QED) is 0.708. The molecule has 0 spiro atoms. The van der Waals surface area contributed by atoms with Crippen LogP contribution in [-0.4, -0.2) is 17.4 Å². The highest BCUT2D eigenvalue weighted by Gasteiger charge is 2.06. The van der Waals surface area contributed by atoms with Crippen molar-refractivity contribution in [2.75, 3.05) is 6.54 Å². The van der Waals surface area contributed by atoms with Crippen LogP contribution >= 0.6 is 0 Å². The van der Waals surface area contributed by atoms with Gasteiger partial charge in [0.05, 0.1) is 6.42 Å². The Morgan fingerprint density at radius 1 is 1.00 bits per heavy atom. The van der Waals surface area contributed by atoms with Gasteiger partial charge < -0.3 is 5.32 Å². The topological polar surface area (TPSA) is 42.0 Å². The molecule has 0 radical (unpaired) electrons. The number of amides is 1. The van der Waals surface area contributed by atoms with Crippen LogP contribution in [-0.2, 0) is 17.6 Å². The van der Waals surface area contributed by atoms with E-state index in [0.717, 1.165) is 29.2 Å². The van der Waals surface area contributed by atoms with Crippen LogP contribution in [0.5, 0.6) is 0 Å². The molecular formula is C20H20N2O. The first-order valence-corrected chi connectivity index (χ1v) is 7.95. The molecule has 3 aromatic rings. The van der Waals surface area contributed by atoms with Crippen molar-refractivity contribution in [2.45, 2.75) is 19.3 Å². The van der Waals surface area contributed by atoms with E-state index in [0.29, 0.717) is 13.0 Å². The Balaban J connectivity index is 1.51. The van der Waals surface area contributed by atoms with Gasteiger partial charge in [0.1, 0.15) is 0 Å². The molecule has 1 heterocycles. The van der Waals surface area contributed by atoms with E-state index in [1.54, 1.807) is 6.20 Å². The van der Waals surface area contributed by atoms with Gasteiger partial charge >= 0.3 is 0 Å². The largest absolute Gasteiger partial charge is 0.356 e. The molecule has 3 rings (SSSR count). The summed E-state index contributed by atoms with van der Waals surface area (Å²) in [4.78, 5) is 16.3. The van der Waals surface area contributed by atoms with Gasteiger partial charge in [0.25, 0.3) is 0 Å². The number of rotatable bonds is 6. The van der Waals surface area contributed by atoms with E-state index in [4.69, 9.17) is 0 Å². The number of aromatic nitrogens is 1. The lowest BCUT2D eigenvalue weighted by molar-refractivity contribution is -0.120. The maximum atomic E-state index is 12.1. The van der Waals surface area contributed by atoms with Crippen molar-refractivity contribution >= 4 is 16.7 Å². The smallest absolute Gasteiger partial charge is 0.224 e. The van der Waals surface area contributed by atoms with E-state index >= 15 is 0 Å². The van der Waals surface area contributed by atoms with Crippen LogP contribution in [0.25, 0.3) is 10.8 Å². The molecule has 1 amide bonds. The standard InChI is InChI=1S/C20H20N2O/c23-20(22-12-5-8-16-6-2-1-3-7-16)14-17-9-4-10-18-15-21-13-11-19(17)18/h1-4,6-7,9-11,13,15H,5,8,12,14H2,(H,22,23). The van der Waals surface area contributed by atoms with E-state index in [9.17, 15) is 4.79 Å². The first-order valence-electron chi connectivity index (χ1n) is 7.95. The Hall–Kier alpha value is -2.68. The zero-order valence-electron chi connectivity index (χ0n) is 13.0. The van der Waals surface area contributed by atoms with Crippen molar-refractivity contribution in [1.82, 2.24) is 10.3 Å². The predicted molar refractivity (Wildman–Crippen MR) is 93.2 cm³/mol. The molecule has 0 aliphatic heterocycles. The minimum Gasteiger partial charge on any atom is -0.356 e. The normalized spacial score (nSPS) is 10.6. The average molecular weight is 304 g/mol. The molecule has 0 aliphatic carbocycles. The summed E-state index contributed by atoms with van der Waals surface area (Å²) in [5.74, 6) is 0.0716. The molecule has 1 aromatic heterocycles. The summed E-state index contributed by atoms with van der Waals surface area (Å²) in [5.41, 5.74) is 2.36. The van der Waals surface area contributed by atoms with Crippen molar-refractivity contribution in [2.24, 2.45) is 0 Å². The highest BCUT2D eigenvalue weighted by Crippen LogP contribution is 2.17. The lowest BCUT2D eigenvalue weighted by Gasteiger charge is -2.08. The number of pyridine rings is 1. The summed E-state index contributed by atoms with van der Waals surface area (Å²) >= 11 is 0. The number of aryl methyl sites for hydroxylation is 1. The SMILES string of the molecule is O=C(Cc1cccc2cnccc12)NCCCc1ccccc1. The van der Waals surface area contributed by atoms with Crippen LogP contribution in [0.2, 0.25) is 0 Å². The van der Waals surface area contributed by atoms with Crippen molar-refractivity contribution in [3.8, 4) is 0 Å². The molecule has 0 bridgehead atoms. The molecule has 1 N–H and O–H groups in total. The monoisotopic (exact) mass is 304 g/mol. The third kappa shape index (κ3) is 4.16. The van der Waals surface area contributed by atoms with Crippen LogP contribution in [0.1, 0.15) is 17.5 Å². The van der Waals surface area contributed by atoms with Crippen molar-refractivity contribution in [3.05, 3.63) is 78.1 Å². The van der Waals surface area contributed by atoms with Gasteiger partial charge in [-0.2, -0.15) is 0 Å². The molecule has 23 heavy (non-hydrogen) atoms. The number of nitrogens with zero attached hydrogens (tertiary/aromatic N) is 1. The van der Waals surface area contributed by atoms with Crippen molar-refractivity contribution < 1.29 is 4.79 Å². The Labute approximate surface area is 136 Å². The van der Waals surface area contributed by atoms with Gasteiger partial charge in [-0.25, -0.2) is 0 Å². The summed E-state index contributed by atoms with van der Waals surface area (Å²) < 4.78 is 0. The highest BCUT2D eigenvalue weighted by atomic mass is 16.1. The first kappa shape index (κ1) is 15.2. The second-order valence-electron chi connectivity index (χ2n) is 5.63. The molecule has 0 fully saturated rings. The minimum absolute atomic E-state index is 0.0716. The van der Waals surface area contributed by atoms with Crippen molar-refractivity contribution in [3.63, 3.8) is 0 Å². The Morgan fingerprint density at radius 3 is 2.74 bits per heavy atom. The molecule has 0 atom stereocenters. The molecule has 116 valence electrons. The number of fused-ring (bicyclic) bond motifs is 1. The van der Waals surface area contributed by atoms with Crippen LogP contribution < -0.4 is 5.32 Å². The number of carbonyl (C=O) groups is 1. The van der Waals surface area contributed by atoms with Crippen LogP contribution in [0.15, 0.2) is 67.0 Å². The highest BCUT2D eigenvalue weighted by molar-refractivity contribution is 5.89. The van der Waals surface area contributed by atoms with E-state index in [1.165, 1.54) is 5.56 Å². The zero-order valence-corrected chi connectivity index (χ0v) is 13.0. The fourth-order valence-corrected chi connectivity index (χ4v) is 2.74. The maximum absolute atomic E-state index is 12.1. The Morgan fingerprint density at radius 2 is 1.87 bits per heavy atom. The van der Waals surface area contributed by atoms with Gasteiger partial charge in [0, 0.05) is 24.3 Å². The van der Waals surface area contributed by atoms with Gasteiger partial charge in [-0.15, -0.1) is 0 Å². The molecule has 0 saturated heterocycles. The lowest BCUT2D eigenvalue weighted by Crippen LogP contribution is -2.26. The van der Waals surface area contributed by atoms with E-state index in [1.807, 2.05) is 48.7 Å². The first-order chi connectivity index (χ1) is 11.3. The number of hydrogen-bond donors (Lipinski definition) is 1. The molecular weight excluding hydrogens is 284 g/mol. The van der Waals surface area contributed by atoms with Gasteiger partial charge in [-0.05, 0) is 35.4 Å². The molecule has 0 unspecified atom stereocenters. The molecule has 0 aliphatic rings. The third-order valence-corrected chi connectivity index (χ3v) is 3.93. The number of carbonyl (C=O) groups excluding carboxylic acids is 1. The Bertz CT molecular complexity index is 779. The van der Waals surface area contributed by atoms with Gasteiger partial charge in [0.2, 0.25) is 5.91 Å². The number of benzene rings is 2. The summed E-state index contributed by atoms with van der Waals surface area (Å²) in [6.07, 6.45) is 5.95. The number of hydrogen-bond acceptors (Lipinski definition) is 2. The van der Waals surface area contributed by atoms with Gasteiger partial charge in [-0.1, -0.05) is 48.5 Å². The van der Waals surface area contributed by atoms with Crippen LogP contribution in [0.4, 0.5) is 0 Å². The maximum Gasteiger partial charge on any atom is 0.224 e. The zero-order chi connectivity index (χ0) is 15.9. The number of nitrogens with one attached hydrogen (secondary N) is 1. The van der Waals surface area contributed by atoms with Gasteiger partial charge in [-0.3, -0.25) is 9.78 Å². The van der Waals surface area contributed by atoms with Crippen LogP contribution in [0.3, 0.4) is 0 Å². The summed E-state index contributed by atoms with van der Waals surface area (Å²) in [6.45, 7) is 0.708. The van der Waals surface area contributed by atoms with E-state index < -0.39 is 0 Å². The lowest BCUT2D eigenvalue weighted by atomic mass is 10.0. The second-order valence-corrected chi connectivity index (χ2v) is 5.63. The predicted octanol–water partition coefficient (Wildman–Crippen LogP) is 3.53. The second kappa shape index (κ2) is 7.54. The van der Waals surface area contributed by atoms with Crippen LogP contribution in [0, 0.1) is 0 Å². The van der Waals surface area contributed by atoms with Gasteiger partial charge in [0.15, 0.2) is 0 Å². The molecule has 0 saturated carbocycles. The minimum atomic E-state index is 0.0716. The van der Waals surface area contributed by atoms with E-state index in [-0.39, 0.29) is 5.91 Å². The van der Waals surface area contributed by atoms with E-state index in [2.05, 4.69) is 22.4 Å². The average Bonchev–Trinajstić information content (AvgIpc) is 2.60. The summed E-state index contributed by atoms with van der Waals surface area (Å²) in [5, 5.41) is 5.18.